The second kappa shape index (κ2) is 11.8. The number of hydrogen-bond donors (Lipinski definition) is 0. The zero-order valence-electron chi connectivity index (χ0n) is 21.3. The van der Waals surface area contributed by atoms with Gasteiger partial charge in [0.1, 0.15) is 6.54 Å². The molecule has 0 aliphatic carbocycles. The van der Waals surface area contributed by atoms with Crippen LogP contribution < -0.4 is 4.90 Å². The highest BCUT2D eigenvalue weighted by Crippen LogP contribution is 2.39. The molecule has 0 fully saturated rings. The number of nitrogens with zero attached hydrogens (tertiary/aromatic N) is 3. The van der Waals surface area contributed by atoms with E-state index in [4.69, 9.17) is 11.6 Å². The summed E-state index contributed by atoms with van der Waals surface area (Å²) in [4.78, 5) is 26.2. The Hall–Kier alpha value is -2.73. The maximum Gasteiger partial charge on any atom is 0.417 e. The summed E-state index contributed by atoms with van der Waals surface area (Å²) >= 11 is 7.59. The largest absolute Gasteiger partial charge is 0.417 e. The Labute approximate surface area is 231 Å². The van der Waals surface area contributed by atoms with E-state index in [9.17, 15) is 35.9 Å². The lowest BCUT2D eigenvalue weighted by atomic mass is 9.78. The minimum Gasteiger partial charge on any atom is -0.286 e. The molecule has 3 rings (SSSR count). The van der Waals surface area contributed by atoms with Gasteiger partial charge in [-0.1, -0.05) is 24.6 Å². The van der Waals surface area contributed by atoms with Crippen molar-refractivity contribution < 1.29 is 35.9 Å². The Morgan fingerprint density at radius 1 is 1.08 bits per heavy atom. The summed E-state index contributed by atoms with van der Waals surface area (Å²) in [6.45, 7) is 2.86. The summed E-state index contributed by atoms with van der Waals surface area (Å²) < 4.78 is 78.5. The molecular formula is C26H26ClF6N3O2S. The van der Waals surface area contributed by atoms with Crippen LogP contribution in [-0.2, 0) is 21.9 Å². The van der Waals surface area contributed by atoms with Crippen molar-refractivity contribution in [3.8, 4) is 0 Å². The first kappa shape index (κ1) is 30.8. The van der Waals surface area contributed by atoms with Gasteiger partial charge < -0.3 is 0 Å². The smallest absolute Gasteiger partial charge is 0.286 e. The molecule has 1 aliphatic heterocycles. The van der Waals surface area contributed by atoms with Crippen LogP contribution >= 0.6 is 23.4 Å². The molecule has 1 aliphatic rings. The third-order valence-electron chi connectivity index (χ3n) is 6.30. The minimum atomic E-state index is -4.62. The molecule has 2 amide bonds. The van der Waals surface area contributed by atoms with Crippen molar-refractivity contribution in [2.45, 2.75) is 39.0 Å². The molecule has 0 saturated heterocycles. The van der Waals surface area contributed by atoms with E-state index in [1.807, 2.05) is 13.2 Å². The van der Waals surface area contributed by atoms with Gasteiger partial charge in [0, 0.05) is 18.9 Å². The zero-order valence-corrected chi connectivity index (χ0v) is 22.9. The number of rotatable bonds is 8. The third-order valence-corrected chi connectivity index (χ3v) is 7.31. The van der Waals surface area contributed by atoms with Crippen LogP contribution in [0.3, 0.4) is 0 Å². The van der Waals surface area contributed by atoms with Gasteiger partial charge in [-0.25, -0.2) is 4.90 Å². The molecule has 39 heavy (non-hydrogen) atoms. The summed E-state index contributed by atoms with van der Waals surface area (Å²) in [6.07, 6.45) is -5.86. The van der Waals surface area contributed by atoms with Crippen LogP contribution in [0.5, 0.6) is 0 Å². The first-order chi connectivity index (χ1) is 18.1. The molecule has 0 spiro atoms. The molecular weight excluding hydrogens is 568 g/mol. The minimum absolute atomic E-state index is 0.0267. The van der Waals surface area contributed by atoms with Crippen molar-refractivity contribution in [3.05, 3.63) is 64.2 Å². The van der Waals surface area contributed by atoms with Crippen molar-refractivity contribution in [2.24, 2.45) is 10.5 Å². The molecule has 1 heterocycles. The molecule has 0 saturated carbocycles. The van der Waals surface area contributed by atoms with Crippen LogP contribution in [0.4, 0.5) is 32.0 Å². The van der Waals surface area contributed by atoms with Gasteiger partial charge in [-0.05, 0) is 66.8 Å². The molecule has 0 radical (unpaired) electrons. The molecule has 2 aromatic rings. The topological polar surface area (TPSA) is 53.0 Å². The Morgan fingerprint density at radius 3 is 2.23 bits per heavy atom. The van der Waals surface area contributed by atoms with Gasteiger partial charge in [0.25, 0.3) is 5.91 Å². The van der Waals surface area contributed by atoms with E-state index in [0.29, 0.717) is 17.7 Å². The third kappa shape index (κ3) is 7.27. The summed E-state index contributed by atoms with van der Waals surface area (Å²) in [5.41, 5.74) is -1.74. The van der Waals surface area contributed by atoms with E-state index in [1.165, 1.54) is 17.1 Å². The highest BCUT2D eigenvalue weighted by Gasteiger charge is 2.41. The fraction of sp³-hybridized carbons (Fsp3) is 0.423. The number of benzene rings is 2. The lowest BCUT2D eigenvalue weighted by molar-refractivity contribution is -0.138. The van der Waals surface area contributed by atoms with Gasteiger partial charge >= 0.3 is 12.4 Å². The maximum absolute atomic E-state index is 13.2. The van der Waals surface area contributed by atoms with Crippen molar-refractivity contribution >= 4 is 46.6 Å². The summed E-state index contributed by atoms with van der Waals surface area (Å²) in [5, 5.41) is 5.48. The predicted octanol–water partition coefficient (Wildman–Crippen LogP) is 7.13. The van der Waals surface area contributed by atoms with Gasteiger partial charge in [0.2, 0.25) is 5.91 Å². The normalized spacial score (nSPS) is 17.8. The van der Waals surface area contributed by atoms with Gasteiger partial charge in [-0.3, -0.25) is 14.6 Å². The van der Waals surface area contributed by atoms with Gasteiger partial charge in [0.05, 0.1) is 27.5 Å². The van der Waals surface area contributed by atoms with E-state index in [-0.39, 0.29) is 18.8 Å². The second-order valence-corrected chi connectivity index (χ2v) is 10.8. The number of anilines is 1. The number of hydrazone groups is 1. The second-order valence-electron chi connectivity index (χ2n) is 9.41. The summed E-state index contributed by atoms with van der Waals surface area (Å²) in [6, 6.07) is 7.01. The van der Waals surface area contributed by atoms with Crippen molar-refractivity contribution in [1.82, 2.24) is 5.01 Å². The first-order valence-electron chi connectivity index (χ1n) is 11.8. The molecule has 5 nitrogen and oxygen atoms in total. The van der Waals surface area contributed by atoms with E-state index >= 15 is 0 Å². The highest BCUT2D eigenvalue weighted by molar-refractivity contribution is 7.98. The Morgan fingerprint density at radius 2 is 1.72 bits per heavy atom. The number of amides is 2. The number of imide groups is 1. The quantitative estimate of drug-likeness (QED) is 0.241. The van der Waals surface area contributed by atoms with Crippen LogP contribution in [0.1, 0.15) is 43.4 Å². The molecule has 0 N–H and O–H groups in total. The molecule has 0 aromatic heterocycles. The Balaban J connectivity index is 1.91. The van der Waals surface area contributed by atoms with Crippen LogP contribution in [0.25, 0.3) is 0 Å². The SMILES string of the molecule is CSCCCC1(C)CN(CC(=O)N(C(C)=O)c2ccc(C(F)(F)F)cc2)N=C1c1ccc(C(F)(F)F)c(Cl)c1. The maximum atomic E-state index is 13.2. The number of halogens is 7. The van der Waals surface area contributed by atoms with E-state index in [2.05, 4.69) is 5.10 Å². The van der Waals surface area contributed by atoms with Crippen LogP contribution in [0, 0.1) is 5.41 Å². The van der Waals surface area contributed by atoms with Crippen LogP contribution in [0.2, 0.25) is 5.02 Å². The molecule has 13 heteroatoms. The van der Waals surface area contributed by atoms with Gasteiger partial charge in [-0.2, -0.15) is 43.2 Å². The van der Waals surface area contributed by atoms with E-state index in [1.54, 1.807) is 11.8 Å². The number of alkyl halides is 6. The molecule has 2 aromatic carbocycles. The van der Waals surface area contributed by atoms with Crippen LogP contribution in [0.15, 0.2) is 47.6 Å². The van der Waals surface area contributed by atoms with E-state index in [0.717, 1.165) is 54.3 Å². The molecule has 0 bridgehead atoms. The number of thioether (sulfide) groups is 1. The van der Waals surface area contributed by atoms with Crippen molar-refractivity contribution in [1.29, 1.82) is 0 Å². The summed E-state index contributed by atoms with van der Waals surface area (Å²) in [7, 11) is 0. The average Bonchev–Trinajstić information content (AvgIpc) is 3.13. The fourth-order valence-corrected chi connectivity index (χ4v) is 5.22. The molecule has 1 unspecified atom stereocenters. The standard InChI is InChI=1S/C26H26ClF6N3O2S/c1-16(37)36(19-8-6-18(7-9-19)25(28,29)30)22(38)14-35-15-24(2,11-4-12-39-3)23(34-35)17-5-10-20(21(27)13-17)26(31,32)33/h5-10,13H,4,11-12,14-15H2,1-3H3. The van der Waals surface area contributed by atoms with Gasteiger partial charge in [-0.15, -0.1) is 0 Å². The van der Waals surface area contributed by atoms with Gasteiger partial charge in [0.15, 0.2) is 0 Å². The zero-order chi connectivity index (χ0) is 29.2. The van der Waals surface area contributed by atoms with Crippen molar-refractivity contribution in [3.63, 3.8) is 0 Å². The number of carbonyl (C=O) groups excluding carboxylic acids is 2. The van der Waals surface area contributed by atoms with E-state index < -0.39 is 45.7 Å². The Bertz CT molecular complexity index is 1250. The van der Waals surface area contributed by atoms with Crippen LogP contribution in [-0.4, -0.2) is 47.6 Å². The predicted molar refractivity (Wildman–Crippen MR) is 140 cm³/mol. The fourth-order valence-electron chi connectivity index (χ4n) is 4.50. The summed E-state index contributed by atoms with van der Waals surface area (Å²) in [5.74, 6) is -0.577. The first-order valence-corrected chi connectivity index (χ1v) is 13.5. The molecule has 1 atom stereocenters. The average molecular weight is 594 g/mol. The molecule has 212 valence electrons. The highest BCUT2D eigenvalue weighted by atomic mass is 35.5. The van der Waals surface area contributed by atoms with Crippen molar-refractivity contribution in [2.75, 3.05) is 30.0 Å². The monoisotopic (exact) mass is 593 g/mol. The lowest BCUT2D eigenvalue weighted by Gasteiger charge is -2.28. The Kier molecular flexibility index (Phi) is 9.31. The number of carbonyl (C=O) groups is 2. The lowest BCUT2D eigenvalue weighted by Crippen LogP contribution is -2.42. The number of hydrogen-bond acceptors (Lipinski definition) is 5.